The monoisotopic (exact) mass is 262 g/mol. The highest BCUT2D eigenvalue weighted by Gasteiger charge is 2.23. The zero-order valence-electron chi connectivity index (χ0n) is 9.28. The molecule has 1 atom stereocenters. The van der Waals surface area contributed by atoms with E-state index in [1.165, 1.54) is 30.3 Å². The van der Waals surface area contributed by atoms with Crippen LogP contribution < -0.4 is 0 Å². The molecule has 0 fully saturated rings. The predicted molar refractivity (Wildman–Crippen MR) is 66.9 cm³/mol. The molecule has 18 heavy (non-hydrogen) atoms. The second kappa shape index (κ2) is 4.58. The van der Waals surface area contributed by atoms with Crippen LogP contribution in [0.1, 0.15) is 0 Å². The third-order valence-electron chi connectivity index (χ3n) is 2.45. The summed E-state index contributed by atoms with van der Waals surface area (Å²) in [4.78, 5) is 10.5. The number of nitro benzene ring substituents is 1. The standard InChI is InChI=1S/C12H10N2O3S/c13-18(17,10-6-2-1-3-7-10)12-9-5-4-8-11(12)14(15)16/h1-9,13H/t18-/m0/s1. The lowest BCUT2D eigenvalue weighted by atomic mass is 10.3. The van der Waals surface area contributed by atoms with E-state index in [-0.39, 0.29) is 15.5 Å². The first-order chi connectivity index (χ1) is 8.53. The van der Waals surface area contributed by atoms with Gasteiger partial charge in [-0.1, -0.05) is 30.3 Å². The minimum Gasteiger partial charge on any atom is -0.258 e. The summed E-state index contributed by atoms with van der Waals surface area (Å²) in [5.41, 5.74) is -0.290. The van der Waals surface area contributed by atoms with Gasteiger partial charge in [0.15, 0.2) is 0 Å². The van der Waals surface area contributed by atoms with Gasteiger partial charge in [-0.05, 0) is 18.2 Å². The van der Waals surface area contributed by atoms with E-state index in [1.54, 1.807) is 24.3 Å². The summed E-state index contributed by atoms with van der Waals surface area (Å²) in [5.74, 6) is 0. The Morgan fingerprint density at radius 2 is 1.56 bits per heavy atom. The van der Waals surface area contributed by atoms with Crippen LogP contribution >= 0.6 is 0 Å². The zero-order valence-corrected chi connectivity index (χ0v) is 10.1. The first-order valence-corrected chi connectivity index (χ1v) is 6.66. The van der Waals surface area contributed by atoms with Crippen molar-refractivity contribution < 1.29 is 9.13 Å². The molecule has 0 spiro atoms. The van der Waals surface area contributed by atoms with E-state index in [2.05, 4.69) is 0 Å². The molecule has 0 aliphatic carbocycles. The van der Waals surface area contributed by atoms with Gasteiger partial charge in [-0.25, -0.2) is 8.99 Å². The molecule has 0 radical (unpaired) electrons. The van der Waals surface area contributed by atoms with Gasteiger partial charge in [-0.3, -0.25) is 10.1 Å². The SMILES string of the molecule is N=[S@](=O)(c1ccccc1)c1ccccc1[N+](=O)[O-]. The number of rotatable bonds is 3. The van der Waals surface area contributed by atoms with E-state index in [4.69, 9.17) is 4.78 Å². The van der Waals surface area contributed by atoms with Crippen molar-refractivity contribution in [1.29, 1.82) is 4.78 Å². The Morgan fingerprint density at radius 1 is 1.00 bits per heavy atom. The van der Waals surface area contributed by atoms with Crippen LogP contribution in [0.25, 0.3) is 0 Å². The second-order valence-electron chi connectivity index (χ2n) is 3.59. The van der Waals surface area contributed by atoms with Crippen LogP contribution in [0.3, 0.4) is 0 Å². The van der Waals surface area contributed by atoms with Gasteiger partial charge >= 0.3 is 0 Å². The number of hydrogen-bond acceptors (Lipinski definition) is 4. The van der Waals surface area contributed by atoms with Gasteiger partial charge in [0.1, 0.15) is 14.6 Å². The summed E-state index contributed by atoms with van der Waals surface area (Å²) in [6, 6.07) is 13.8. The van der Waals surface area contributed by atoms with Gasteiger partial charge in [0.25, 0.3) is 5.69 Å². The van der Waals surface area contributed by atoms with Crippen LogP contribution in [0.4, 0.5) is 5.69 Å². The molecule has 2 aromatic rings. The van der Waals surface area contributed by atoms with Gasteiger partial charge in [0.2, 0.25) is 0 Å². The predicted octanol–water partition coefficient (Wildman–Crippen LogP) is 3.06. The normalized spacial score (nSPS) is 13.8. The van der Waals surface area contributed by atoms with Crippen molar-refractivity contribution in [3.63, 3.8) is 0 Å². The molecule has 5 nitrogen and oxygen atoms in total. The van der Waals surface area contributed by atoms with Crippen LogP contribution in [0, 0.1) is 14.9 Å². The van der Waals surface area contributed by atoms with E-state index in [1.807, 2.05) is 0 Å². The molecule has 6 heteroatoms. The molecule has 92 valence electrons. The molecule has 0 saturated carbocycles. The van der Waals surface area contributed by atoms with Crippen LogP contribution in [-0.2, 0) is 9.73 Å². The van der Waals surface area contributed by atoms with E-state index in [0.717, 1.165) is 0 Å². The maximum Gasteiger partial charge on any atom is 0.286 e. The number of hydrogen-bond donors (Lipinski definition) is 1. The minimum atomic E-state index is -3.36. The number of nitrogens with zero attached hydrogens (tertiary/aromatic N) is 1. The molecule has 0 heterocycles. The fourth-order valence-electron chi connectivity index (χ4n) is 1.59. The van der Waals surface area contributed by atoms with Crippen molar-refractivity contribution in [2.24, 2.45) is 0 Å². The van der Waals surface area contributed by atoms with Crippen molar-refractivity contribution in [2.75, 3.05) is 0 Å². The van der Waals surface area contributed by atoms with Gasteiger partial charge in [0, 0.05) is 6.07 Å². The Bertz CT molecular complexity index is 681. The molecule has 0 unspecified atom stereocenters. The summed E-state index contributed by atoms with van der Waals surface area (Å²) in [7, 11) is -3.36. The summed E-state index contributed by atoms with van der Waals surface area (Å²) in [6.07, 6.45) is 0. The smallest absolute Gasteiger partial charge is 0.258 e. The third-order valence-corrected chi connectivity index (χ3v) is 4.35. The molecule has 0 aliphatic rings. The summed E-state index contributed by atoms with van der Waals surface area (Å²) >= 11 is 0. The van der Waals surface area contributed by atoms with Gasteiger partial charge in [0.05, 0.1) is 9.82 Å². The van der Waals surface area contributed by atoms with Gasteiger partial charge < -0.3 is 0 Å². The number of para-hydroxylation sites is 1. The second-order valence-corrected chi connectivity index (χ2v) is 5.62. The molecular weight excluding hydrogens is 252 g/mol. The fourth-order valence-corrected chi connectivity index (χ4v) is 3.09. The van der Waals surface area contributed by atoms with E-state index >= 15 is 0 Å². The lowest BCUT2D eigenvalue weighted by Crippen LogP contribution is -2.03. The lowest BCUT2D eigenvalue weighted by Gasteiger charge is -2.07. The Hall–Kier alpha value is -2.21. The fraction of sp³-hybridized carbons (Fsp3) is 0. The highest BCUT2D eigenvalue weighted by atomic mass is 32.2. The zero-order chi connectivity index (χ0) is 13.2. The van der Waals surface area contributed by atoms with Crippen molar-refractivity contribution >= 4 is 15.4 Å². The average molecular weight is 262 g/mol. The topological polar surface area (TPSA) is 84.1 Å². The van der Waals surface area contributed by atoms with Crippen LogP contribution in [-0.4, -0.2) is 9.13 Å². The summed E-state index contributed by atoms with van der Waals surface area (Å²) < 4.78 is 20.4. The third kappa shape index (κ3) is 2.10. The quantitative estimate of drug-likeness (QED) is 0.681. The Balaban J connectivity index is 2.66. The highest BCUT2D eigenvalue weighted by molar-refractivity contribution is 7.92. The Labute approximate surface area is 104 Å². The van der Waals surface area contributed by atoms with Crippen molar-refractivity contribution in [1.82, 2.24) is 0 Å². The van der Waals surface area contributed by atoms with Crippen LogP contribution in [0.15, 0.2) is 64.4 Å². The first kappa shape index (κ1) is 12.3. The van der Waals surface area contributed by atoms with Crippen LogP contribution in [0.2, 0.25) is 0 Å². The van der Waals surface area contributed by atoms with Crippen molar-refractivity contribution in [3.8, 4) is 0 Å². The largest absolute Gasteiger partial charge is 0.286 e. The Morgan fingerprint density at radius 3 is 2.17 bits per heavy atom. The van der Waals surface area contributed by atoms with Crippen molar-refractivity contribution in [3.05, 3.63) is 64.7 Å². The molecule has 0 amide bonds. The Kier molecular flexibility index (Phi) is 3.12. The van der Waals surface area contributed by atoms with Gasteiger partial charge in [-0.15, -0.1) is 0 Å². The van der Waals surface area contributed by atoms with E-state index < -0.39 is 14.7 Å². The molecule has 0 saturated heterocycles. The molecular formula is C12H10N2O3S. The number of benzene rings is 2. The lowest BCUT2D eigenvalue weighted by molar-refractivity contribution is -0.387. The van der Waals surface area contributed by atoms with Gasteiger partial charge in [-0.2, -0.15) is 0 Å². The summed E-state index contributed by atoms with van der Waals surface area (Å²) in [6.45, 7) is 0. The molecule has 0 aliphatic heterocycles. The number of nitro groups is 1. The molecule has 0 bridgehead atoms. The molecule has 2 aromatic carbocycles. The highest BCUT2D eigenvalue weighted by Crippen LogP contribution is 2.29. The van der Waals surface area contributed by atoms with Crippen LogP contribution in [0.5, 0.6) is 0 Å². The van der Waals surface area contributed by atoms with E-state index in [9.17, 15) is 14.3 Å². The van der Waals surface area contributed by atoms with Crippen molar-refractivity contribution in [2.45, 2.75) is 9.79 Å². The van der Waals surface area contributed by atoms with E-state index in [0.29, 0.717) is 0 Å². The molecule has 1 N–H and O–H groups in total. The minimum absolute atomic E-state index is 0.0683. The first-order valence-electron chi connectivity index (χ1n) is 5.11. The number of nitrogens with one attached hydrogen (secondary N) is 1. The average Bonchev–Trinajstić information content (AvgIpc) is 2.39. The summed E-state index contributed by atoms with van der Waals surface area (Å²) in [5, 5.41) is 10.9. The maximum atomic E-state index is 12.5. The molecule has 0 aromatic heterocycles. The maximum absolute atomic E-state index is 12.5. The molecule has 2 rings (SSSR count).